The molecule has 0 radical (unpaired) electrons. The zero-order chi connectivity index (χ0) is 21.6. The number of benzene rings is 1. The average Bonchev–Trinajstić information content (AvgIpc) is 3.01. The number of nitrogens with zero attached hydrogens (tertiary/aromatic N) is 3. The van der Waals surface area contributed by atoms with E-state index in [9.17, 15) is 9.59 Å². The first-order chi connectivity index (χ1) is 13.6. The van der Waals surface area contributed by atoms with Crippen molar-refractivity contribution in [1.82, 2.24) is 25.4 Å². The summed E-state index contributed by atoms with van der Waals surface area (Å²) in [5.41, 5.74) is 1.53. The lowest BCUT2D eigenvalue weighted by Gasteiger charge is -2.19. The number of hydrogen-bond donors (Lipinski definition) is 2. The molecule has 0 unspecified atom stereocenters. The van der Waals surface area contributed by atoms with E-state index in [0.29, 0.717) is 31.3 Å². The van der Waals surface area contributed by atoms with Gasteiger partial charge >= 0.3 is 6.09 Å². The molecule has 8 nitrogen and oxygen atoms in total. The first kappa shape index (κ1) is 22.4. The van der Waals surface area contributed by atoms with Crippen molar-refractivity contribution in [3.8, 4) is 5.69 Å². The number of amides is 2. The Kier molecular flexibility index (Phi) is 7.36. The largest absolute Gasteiger partial charge is 0.444 e. The quantitative estimate of drug-likeness (QED) is 0.694. The van der Waals surface area contributed by atoms with Crippen LogP contribution in [0.3, 0.4) is 0 Å². The summed E-state index contributed by atoms with van der Waals surface area (Å²) in [6.07, 6.45) is 0.101. The Morgan fingerprint density at radius 3 is 2.45 bits per heavy atom. The van der Waals surface area contributed by atoms with E-state index < -0.39 is 11.7 Å². The van der Waals surface area contributed by atoms with Gasteiger partial charge in [0, 0.05) is 13.1 Å². The topological polar surface area (TPSA) is 98.1 Å². The monoisotopic (exact) mass is 401 g/mol. The van der Waals surface area contributed by atoms with Gasteiger partial charge in [-0.25, -0.2) is 14.5 Å². The molecule has 2 aromatic rings. The van der Waals surface area contributed by atoms with Gasteiger partial charge in [-0.2, -0.15) is 0 Å². The number of hydrogen-bond acceptors (Lipinski definition) is 5. The van der Waals surface area contributed by atoms with Crippen LogP contribution in [-0.2, 0) is 4.74 Å². The number of para-hydroxylation sites is 1. The van der Waals surface area contributed by atoms with Crippen LogP contribution >= 0.6 is 0 Å². The van der Waals surface area contributed by atoms with Gasteiger partial charge in [0.1, 0.15) is 11.4 Å². The third-order valence-electron chi connectivity index (χ3n) is 4.07. The number of ether oxygens (including phenoxy) is 1. The molecule has 0 aliphatic carbocycles. The summed E-state index contributed by atoms with van der Waals surface area (Å²) in [5, 5.41) is 9.83. The van der Waals surface area contributed by atoms with Gasteiger partial charge in [-0.1, -0.05) is 32.0 Å². The Balaban J connectivity index is 1.90. The zero-order valence-electron chi connectivity index (χ0n) is 18.1. The number of carbonyl (C=O) groups is 2. The number of alkyl carbamates (subject to hydrolysis) is 1. The molecule has 8 heteroatoms. The van der Waals surface area contributed by atoms with Crippen molar-refractivity contribution in [3.63, 3.8) is 0 Å². The lowest BCUT2D eigenvalue weighted by molar-refractivity contribution is 0.0527. The lowest BCUT2D eigenvalue weighted by atomic mass is 10.0. The van der Waals surface area contributed by atoms with Crippen LogP contribution in [0.2, 0.25) is 0 Å². The van der Waals surface area contributed by atoms with Crippen LogP contribution in [0.25, 0.3) is 5.69 Å². The third-order valence-corrected chi connectivity index (χ3v) is 4.07. The van der Waals surface area contributed by atoms with Crippen molar-refractivity contribution >= 4 is 12.0 Å². The van der Waals surface area contributed by atoms with Gasteiger partial charge in [0.25, 0.3) is 5.91 Å². The molecular weight excluding hydrogens is 370 g/mol. The molecule has 0 atom stereocenters. The Morgan fingerprint density at radius 2 is 1.79 bits per heavy atom. The molecule has 0 aliphatic rings. The van der Waals surface area contributed by atoms with Crippen molar-refractivity contribution in [2.75, 3.05) is 13.1 Å². The second kappa shape index (κ2) is 9.54. The molecule has 2 N–H and O–H groups in total. The fraction of sp³-hybridized carbons (Fsp3) is 0.524. The van der Waals surface area contributed by atoms with Crippen LogP contribution in [0.1, 0.15) is 69.0 Å². The first-order valence-electron chi connectivity index (χ1n) is 9.86. The number of rotatable bonds is 7. The molecule has 0 saturated carbocycles. The van der Waals surface area contributed by atoms with Crippen molar-refractivity contribution in [3.05, 3.63) is 41.5 Å². The Labute approximate surface area is 172 Å². The lowest BCUT2D eigenvalue weighted by Crippen LogP contribution is -2.34. The van der Waals surface area contributed by atoms with E-state index in [4.69, 9.17) is 4.74 Å². The molecule has 0 aliphatic heterocycles. The molecular formula is C21H31N5O3. The minimum Gasteiger partial charge on any atom is -0.444 e. The van der Waals surface area contributed by atoms with Crippen molar-refractivity contribution < 1.29 is 14.3 Å². The molecule has 1 aromatic heterocycles. The predicted molar refractivity (Wildman–Crippen MR) is 111 cm³/mol. The third kappa shape index (κ3) is 6.58. The average molecular weight is 402 g/mol. The predicted octanol–water partition coefficient (Wildman–Crippen LogP) is 3.34. The fourth-order valence-electron chi connectivity index (χ4n) is 2.76. The van der Waals surface area contributed by atoms with Crippen LogP contribution < -0.4 is 10.6 Å². The number of aryl methyl sites for hydroxylation is 1. The molecule has 1 heterocycles. The van der Waals surface area contributed by atoms with Gasteiger partial charge in [-0.05, 0) is 51.7 Å². The molecule has 0 fully saturated rings. The maximum absolute atomic E-state index is 12.4. The highest BCUT2D eigenvalue weighted by Crippen LogP contribution is 2.23. The molecule has 29 heavy (non-hydrogen) atoms. The Morgan fingerprint density at radius 1 is 1.14 bits per heavy atom. The molecule has 0 bridgehead atoms. The van der Waals surface area contributed by atoms with Gasteiger partial charge in [-0.3, -0.25) is 4.79 Å². The van der Waals surface area contributed by atoms with Gasteiger partial charge in [0.05, 0.1) is 5.69 Å². The summed E-state index contributed by atoms with van der Waals surface area (Å²) in [4.78, 5) is 28.3. The molecule has 2 rings (SSSR count). The maximum atomic E-state index is 12.4. The molecule has 2 amide bonds. The number of carbonyl (C=O) groups excluding carboxylic acids is 2. The van der Waals surface area contributed by atoms with Gasteiger partial charge in [-0.15, -0.1) is 5.10 Å². The second-order valence-electron chi connectivity index (χ2n) is 8.15. The van der Waals surface area contributed by atoms with Crippen LogP contribution in [-0.4, -0.2) is 45.5 Å². The van der Waals surface area contributed by atoms with Crippen molar-refractivity contribution in [2.24, 2.45) is 0 Å². The standard InChI is InChI=1S/C21H31N5O3/c1-14(2)16-10-7-8-11-17(16)26-15(3)24-18(25-26)19(27)22-12-9-13-23-20(28)29-21(4,5)6/h7-8,10-11,14H,9,12-13H2,1-6H3,(H,22,27)(H,23,28). The van der Waals surface area contributed by atoms with Crippen LogP contribution in [0.4, 0.5) is 4.79 Å². The number of nitrogens with one attached hydrogen (secondary N) is 2. The van der Waals surface area contributed by atoms with Crippen molar-refractivity contribution in [2.45, 2.75) is 59.5 Å². The maximum Gasteiger partial charge on any atom is 0.407 e. The van der Waals surface area contributed by atoms with Crippen LogP contribution in [0, 0.1) is 6.92 Å². The fourth-order valence-corrected chi connectivity index (χ4v) is 2.76. The summed E-state index contributed by atoms with van der Waals surface area (Å²) in [6.45, 7) is 12.3. The van der Waals surface area contributed by atoms with Crippen molar-refractivity contribution in [1.29, 1.82) is 0 Å². The van der Waals surface area contributed by atoms with E-state index in [1.54, 1.807) is 25.5 Å². The van der Waals surface area contributed by atoms with E-state index in [2.05, 4.69) is 40.6 Å². The SMILES string of the molecule is Cc1nc(C(=O)NCCCNC(=O)OC(C)(C)C)nn1-c1ccccc1C(C)C. The normalized spacial score (nSPS) is 11.4. The second-order valence-corrected chi connectivity index (χ2v) is 8.15. The summed E-state index contributed by atoms with van der Waals surface area (Å²) in [5.74, 6) is 0.756. The molecule has 1 aromatic carbocycles. The minimum absolute atomic E-state index is 0.126. The van der Waals surface area contributed by atoms with Crippen LogP contribution in [0.15, 0.2) is 24.3 Å². The summed E-state index contributed by atoms with van der Waals surface area (Å²) < 4.78 is 6.86. The summed E-state index contributed by atoms with van der Waals surface area (Å²) in [7, 11) is 0. The van der Waals surface area contributed by atoms with Gasteiger partial charge in [0.15, 0.2) is 0 Å². The molecule has 0 spiro atoms. The highest BCUT2D eigenvalue weighted by molar-refractivity contribution is 5.90. The van der Waals surface area contributed by atoms with E-state index >= 15 is 0 Å². The molecule has 0 saturated heterocycles. The minimum atomic E-state index is -0.533. The Bertz CT molecular complexity index is 852. The van der Waals surface area contributed by atoms with E-state index in [1.807, 2.05) is 25.1 Å². The zero-order valence-corrected chi connectivity index (χ0v) is 18.1. The van der Waals surface area contributed by atoms with Gasteiger partial charge < -0.3 is 15.4 Å². The van der Waals surface area contributed by atoms with E-state index in [1.165, 1.54) is 0 Å². The smallest absolute Gasteiger partial charge is 0.407 e. The summed E-state index contributed by atoms with van der Waals surface area (Å²) >= 11 is 0. The number of aromatic nitrogens is 3. The van der Waals surface area contributed by atoms with E-state index in [-0.39, 0.29) is 11.7 Å². The highest BCUT2D eigenvalue weighted by atomic mass is 16.6. The van der Waals surface area contributed by atoms with E-state index in [0.717, 1.165) is 11.3 Å². The van der Waals surface area contributed by atoms with Gasteiger partial charge in [0.2, 0.25) is 5.82 Å². The molecule has 158 valence electrons. The first-order valence-corrected chi connectivity index (χ1v) is 9.86. The summed E-state index contributed by atoms with van der Waals surface area (Å²) in [6, 6.07) is 7.96. The highest BCUT2D eigenvalue weighted by Gasteiger charge is 2.18. The Hall–Kier alpha value is -2.90. The van der Waals surface area contributed by atoms with Crippen LogP contribution in [0.5, 0.6) is 0 Å².